The first-order valence-electron chi connectivity index (χ1n) is 0.901. The summed E-state index contributed by atoms with van der Waals surface area (Å²) in [5.74, 6) is 0. The summed E-state index contributed by atoms with van der Waals surface area (Å²) in [4.78, 5) is 8.93. The maximum Gasteiger partial charge on any atom is 3.00 e. The molecule has 0 radical (unpaired) electrons. The number of carbonyl (C=O) groups excluding carboxylic acids is 1. The quantitative estimate of drug-likeness (QED) is 0.301. The third-order valence-electron chi connectivity index (χ3n) is 0.0833. The van der Waals surface area contributed by atoms with Crippen LogP contribution in [0.5, 0.6) is 0 Å². The van der Waals surface area contributed by atoms with Gasteiger partial charge >= 0.3 is 34.4 Å². The minimum Gasteiger partial charge on any atom is -2.00 e. The summed E-state index contributed by atoms with van der Waals surface area (Å²) in [6, 6.07) is 0. The Kier molecular flexibility index (Phi) is 265. The van der Waals surface area contributed by atoms with E-state index < -0.39 is 0 Å². The maximum atomic E-state index is 8.93. The average Bonchev–Trinajstić information content (AvgIpc) is 1.37. The summed E-state index contributed by atoms with van der Waals surface area (Å²) in [6.07, 6.45) is 2.51. The molecule has 0 amide bonds. The van der Waals surface area contributed by atoms with E-state index in [0.29, 0.717) is 0 Å². The van der Waals surface area contributed by atoms with Gasteiger partial charge in [-0.05, 0) is 6.29 Å². The first-order valence-corrected chi connectivity index (χ1v) is 0.901. The second kappa shape index (κ2) is 53.0. The molecule has 0 saturated carbocycles. The summed E-state index contributed by atoms with van der Waals surface area (Å²) >= 11 is 0. The molecular weight excluding hydrogens is 167 g/mol. The molecule has 8 heavy (non-hydrogen) atoms. The number of hydrogen-bond donors (Lipinski definition) is 0. The van der Waals surface area contributed by atoms with Gasteiger partial charge in [-0.3, -0.25) is 0 Å². The van der Waals surface area contributed by atoms with Crippen LogP contribution >= 0.6 is 0 Å². The molecule has 0 aromatic heterocycles. The third-order valence-corrected chi connectivity index (χ3v) is 0.0833. The van der Waals surface area contributed by atoms with Crippen molar-refractivity contribution in [1.82, 2.24) is 0 Å². The first kappa shape index (κ1) is 39.9. The SMILES string of the molecule is C=C[C-]=O.[Al+3].[Fe+2].[O-2].[O-2]. The van der Waals surface area contributed by atoms with E-state index >= 15 is 0 Å². The Morgan fingerprint density at radius 1 is 1.38 bits per heavy atom. The summed E-state index contributed by atoms with van der Waals surface area (Å²) in [5, 5.41) is 0. The Balaban J connectivity index is -0.00000000750. The molecule has 0 rings (SSSR count). The van der Waals surface area contributed by atoms with Gasteiger partial charge in [0.15, 0.2) is 0 Å². The van der Waals surface area contributed by atoms with Crippen molar-refractivity contribution in [1.29, 1.82) is 0 Å². The largest absolute Gasteiger partial charge is 3.00 e. The Hall–Kier alpha value is 0.382. The topological polar surface area (TPSA) is 74.1 Å². The van der Waals surface area contributed by atoms with Crippen LogP contribution in [0.25, 0.3) is 0 Å². The van der Waals surface area contributed by atoms with Crippen LogP contribution in [-0.4, -0.2) is 23.6 Å². The molecule has 0 N–H and O–H groups in total. The zero-order chi connectivity index (χ0) is 3.41. The van der Waals surface area contributed by atoms with Crippen molar-refractivity contribution in [2.24, 2.45) is 0 Å². The monoisotopic (exact) mass is 170 g/mol. The summed E-state index contributed by atoms with van der Waals surface area (Å²) in [5.41, 5.74) is 0. The smallest absolute Gasteiger partial charge is 2.00 e. The van der Waals surface area contributed by atoms with Crippen molar-refractivity contribution in [3.05, 3.63) is 12.7 Å². The summed E-state index contributed by atoms with van der Waals surface area (Å²) in [7, 11) is 0. The van der Waals surface area contributed by atoms with E-state index in [4.69, 9.17) is 4.79 Å². The Bertz CT molecular complexity index is 35.5. The number of rotatable bonds is 1. The molecule has 0 heterocycles. The zero-order valence-corrected chi connectivity index (χ0v) is 6.20. The molecule has 44 valence electrons. The Morgan fingerprint density at radius 3 is 1.50 bits per heavy atom. The van der Waals surface area contributed by atoms with E-state index in [1.54, 1.807) is 0 Å². The molecule has 0 aliphatic rings. The van der Waals surface area contributed by atoms with Crippen LogP contribution in [0.15, 0.2) is 12.7 Å². The van der Waals surface area contributed by atoms with E-state index in [1.807, 2.05) is 0 Å². The molecule has 0 aromatic rings. The Labute approximate surface area is 69.4 Å². The molecule has 0 spiro atoms. The van der Waals surface area contributed by atoms with Crippen LogP contribution in [0.3, 0.4) is 0 Å². The molecule has 0 atom stereocenters. The fourth-order valence-electron chi connectivity index (χ4n) is 0. The standard InChI is InChI=1S/C3H3O.Al.Fe.2O/c1-2-3-4;;;;/h2H,1H2;;;;/q-1;+3;+2;2*-2. The summed E-state index contributed by atoms with van der Waals surface area (Å²) < 4.78 is 0. The molecule has 0 aliphatic heterocycles. The molecule has 0 aliphatic carbocycles. The van der Waals surface area contributed by atoms with Gasteiger partial charge in [0.1, 0.15) is 0 Å². The van der Waals surface area contributed by atoms with Crippen molar-refractivity contribution in [2.75, 3.05) is 0 Å². The number of hydrogen-bond acceptors (Lipinski definition) is 1. The number of allylic oxidation sites excluding steroid dienone is 1. The predicted molar refractivity (Wildman–Crippen MR) is 23.0 cm³/mol. The second-order valence-electron chi connectivity index (χ2n) is 0.322. The minimum atomic E-state index is 0. The van der Waals surface area contributed by atoms with Crippen molar-refractivity contribution < 1.29 is 32.8 Å². The van der Waals surface area contributed by atoms with E-state index in [-0.39, 0.29) is 45.4 Å². The van der Waals surface area contributed by atoms with Crippen LogP contribution in [-0.2, 0) is 32.8 Å². The average molecular weight is 170 g/mol. The molecule has 0 aromatic carbocycles. The second-order valence-corrected chi connectivity index (χ2v) is 0.322. The summed E-state index contributed by atoms with van der Waals surface area (Å²) in [6.45, 7) is 3.06. The van der Waals surface area contributed by atoms with Crippen LogP contribution in [0.2, 0.25) is 0 Å². The van der Waals surface area contributed by atoms with E-state index in [0.717, 1.165) is 6.08 Å². The molecule has 0 bridgehead atoms. The van der Waals surface area contributed by atoms with Gasteiger partial charge in [0.25, 0.3) is 0 Å². The van der Waals surface area contributed by atoms with Crippen LogP contribution in [0, 0.1) is 0 Å². The fourth-order valence-corrected chi connectivity index (χ4v) is 0. The molecule has 0 saturated heterocycles. The van der Waals surface area contributed by atoms with Gasteiger partial charge in [-0.15, -0.1) is 0 Å². The first-order chi connectivity index (χ1) is 1.91. The Morgan fingerprint density at radius 2 is 1.50 bits per heavy atom. The van der Waals surface area contributed by atoms with Crippen LogP contribution in [0.4, 0.5) is 0 Å². The van der Waals surface area contributed by atoms with Gasteiger partial charge in [-0.1, -0.05) is 0 Å². The molecular formula is C3H3AlFeO3. The zero-order valence-electron chi connectivity index (χ0n) is 3.94. The van der Waals surface area contributed by atoms with Gasteiger partial charge in [-0.25, -0.2) is 12.7 Å². The maximum absolute atomic E-state index is 8.93. The predicted octanol–water partition coefficient (Wildman–Crippen LogP) is -0.339. The van der Waals surface area contributed by atoms with Gasteiger partial charge < -0.3 is 15.7 Å². The van der Waals surface area contributed by atoms with Gasteiger partial charge in [0, 0.05) is 0 Å². The van der Waals surface area contributed by atoms with E-state index in [1.165, 1.54) is 6.29 Å². The third kappa shape index (κ3) is 96.8. The minimum absolute atomic E-state index is 0. The van der Waals surface area contributed by atoms with Crippen LogP contribution in [0.1, 0.15) is 0 Å². The van der Waals surface area contributed by atoms with E-state index in [9.17, 15) is 0 Å². The van der Waals surface area contributed by atoms with Crippen molar-refractivity contribution in [3.8, 4) is 0 Å². The van der Waals surface area contributed by atoms with Crippen molar-refractivity contribution >= 4 is 23.6 Å². The molecule has 0 unspecified atom stereocenters. The molecule has 0 fully saturated rings. The van der Waals surface area contributed by atoms with Crippen LogP contribution < -0.4 is 0 Å². The van der Waals surface area contributed by atoms with Gasteiger partial charge in [-0.2, -0.15) is 0 Å². The molecule has 3 nitrogen and oxygen atoms in total. The van der Waals surface area contributed by atoms with Gasteiger partial charge in [0.05, 0.1) is 0 Å². The van der Waals surface area contributed by atoms with E-state index in [2.05, 4.69) is 6.58 Å². The van der Waals surface area contributed by atoms with Gasteiger partial charge in [0.2, 0.25) is 0 Å². The molecule has 5 heteroatoms. The van der Waals surface area contributed by atoms with Crippen molar-refractivity contribution in [3.63, 3.8) is 0 Å². The van der Waals surface area contributed by atoms with Crippen molar-refractivity contribution in [2.45, 2.75) is 0 Å². The normalized spacial score (nSPS) is 2.50. The fraction of sp³-hybridized carbons (Fsp3) is 0.